The monoisotopic (exact) mass is 416 g/mol. The highest BCUT2D eigenvalue weighted by Gasteiger charge is 2.12. The predicted octanol–water partition coefficient (Wildman–Crippen LogP) is 5.64. The molecule has 0 fully saturated rings. The summed E-state index contributed by atoms with van der Waals surface area (Å²) < 4.78 is 6.03. The van der Waals surface area contributed by atoms with Crippen LogP contribution in [0.4, 0.5) is 0 Å². The van der Waals surface area contributed by atoms with Crippen LogP contribution in [0.3, 0.4) is 0 Å². The molecule has 0 bridgehead atoms. The average molecular weight is 417 g/mol. The molecule has 0 spiro atoms. The quantitative estimate of drug-likeness (QED) is 0.486. The first-order valence-corrected chi connectivity index (χ1v) is 9.32. The summed E-state index contributed by atoms with van der Waals surface area (Å²) in [6, 6.07) is 18.9. The maximum atomic E-state index is 6.03. The normalized spacial score (nSPS) is 13.9. The molecule has 2 aromatic carbocycles. The molecule has 0 N–H and O–H groups in total. The third kappa shape index (κ3) is 5.48. The second-order valence-corrected chi connectivity index (χ2v) is 6.70. The smallest absolute Gasteiger partial charge is 0.127 e. The first-order valence-electron chi connectivity index (χ1n) is 9.32. The van der Waals surface area contributed by atoms with Gasteiger partial charge < -0.3 is 4.74 Å². The Balaban J connectivity index is 0.00000140. The fourth-order valence-corrected chi connectivity index (χ4v) is 3.52. The number of hydrogen-bond donors (Lipinski definition) is 0. The molecule has 1 aliphatic rings. The Morgan fingerprint density at radius 3 is 2.61 bits per heavy atom. The SMILES string of the molecule is C1=C(c2ccccc2)CCN(CCCOc2cccc3cnccc23)C1.Cl.Cl. The van der Waals surface area contributed by atoms with Crippen LogP contribution in [0.15, 0.2) is 73.1 Å². The zero-order valence-corrected chi connectivity index (χ0v) is 17.4. The summed E-state index contributed by atoms with van der Waals surface area (Å²) in [5.41, 5.74) is 2.84. The molecule has 3 nitrogen and oxygen atoms in total. The number of aromatic nitrogens is 1. The molecule has 2 heterocycles. The van der Waals surface area contributed by atoms with E-state index in [4.69, 9.17) is 4.74 Å². The molecular formula is C23H26Cl2N2O. The molecule has 5 heteroatoms. The lowest BCUT2D eigenvalue weighted by Gasteiger charge is -2.26. The van der Waals surface area contributed by atoms with Crippen molar-refractivity contribution in [3.8, 4) is 5.75 Å². The van der Waals surface area contributed by atoms with Crippen LogP contribution in [0.1, 0.15) is 18.4 Å². The van der Waals surface area contributed by atoms with Crippen molar-refractivity contribution >= 4 is 41.2 Å². The molecular weight excluding hydrogens is 391 g/mol. The van der Waals surface area contributed by atoms with Gasteiger partial charge in [0.05, 0.1) is 6.61 Å². The highest BCUT2D eigenvalue weighted by atomic mass is 35.5. The Hall–Kier alpha value is -2.07. The number of benzene rings is 2. The summed E-state index contributed by atoms with van der Waals surface area (Å²) in [6.45, 7) is 3.98. The zero-order chi connectivity index (χ0) is 17.6. The van der Waals surface area contributed by atoms with Gasteiger partial charge in [0.1, 0.15) is 5.75 Å². The van der Waals surface area contributed by atoms with Gasteiger partial charge in [0.25, 0.3) is 0 Å². The van der Waals surface area contributed by atoms with E-state index in [1.54, 1.807) is 0 Å². The minimum atomic E-state index is 0. The molecule has 0 saturated carbocycles. The Bertz CT molecular complexity index is 894. The second-order valence-electron chi connectivity index (χ2n) is 6.70. The maximum Gasteiger partial charge on any atom is 0.127 e. The zero-order valence-electron chi connectivity index (χ0n) is 15.8. The summed E-state index contributed by atoms with van der Waals surface area (Å²) >= 11 is 0. The molecule has 0 unspecified atom stereocenters. The summed E-state index contributed by atoms with van der Waals surface area (Å²) in [5.74, 6) is 0.954. The van der Waals surface area contributed by atoms with E-state index in [-0.39, 0.29) is 24.8 Å². The summed E-state index contributed by atoms with van der Waals surface area (Å²) in [6.07, 6.45) is 8.24. The van der Waals surface area contributed by atoms with E-state index in [9.17, 15) is 0 Å². The number of pyridine rings is 1. The Kier molecular flexibility index (Phi) is 8.78. The van der Waals surface area contributed by atoms with Crippen LogP contribution in [-0.4, -0.2) is 36.1 Å². The molecule has 28 heavy (non-hydrogen) atoms. The number of ether oxygens (including phenoxy) is 1. The first-order chi connectivity index (χ1) is 12.9. The van der Waals surface area contributed by atoms with E-state index in [1.807, 2.05) is 30.6 Å². The lowest BCUT2D eigenvalue weighted by atomic mass is 9.99. The van der Waals surface area contributed by atoms with Gasteiger partial charge in [0.15, 0.2) is 0 Å². The van der Waals surface area contributed by atoms with E-state index in [1.165, 1.54) is 11.1 Å². The van der Waals surface area contributed by atoms with Gasteiger partial charge in [-0.15, -0.1) is 24.8 Å². The van der Waals surface area contributed by atoms with Crippen molar-refractivity contribution in [2.24, 2.45) is 0 Å². The number of hydrogen-bond acceptors (Lipinski definition) is 3. The highest BCUT2D eigenvalue weighted by Crippen LogP contribution is 2.25. The minimum Gasteiger partial charge on any atom is -0.493 e. The molecule has 0 radical (unpaired) electrons. The lowest BCUT2D eigenvalue weighted by molar-refractivity contribution is 0.250. The standard InChI is InChI=1S/C23H24N2O.2ClH/c1-2-6-19(7-3-1)20-11-15-25(16-12-20)14-5-17-26-23-9-4-8-21-18-24-13-10-22(21)23;;/h1-4,6-11,13,18H,5,12,14-17H2;2*1H. The van der Waals surface area contributed by atoms with Crippen LogP contribution >= 0.6 is 24.8 Å². The van der Waals surface area contributed by atoms with E-state index in [0.717, 1.165) is 55.6 Å². The van der Waals surface area contributed by atoms with Crippen molar-refractivity contribution in [3.05, 3.63) is 78.6 Å². The summed E-state index contributed by atoms with van der Waals surface area (Å²) in [5, 5.41) is 2.26. The Labute approximate surface area is 179 Å². The van der Waals surface area contributed by atoms with Crippen LogP contribution in [0.5, 0.6) is 5.75 Å². The number of fused-ring (bicyclic) bond motifs is 1. The number of rotatable bonds is 6. The lowest BCUT2D eigenvalue weighted by Crippen LogP contribution is -2.30. The van der Waals surface area contributed by atoms with Gasteiger partial charge in [-0.1, -0.05) is 48.5 Å². The van der Waals surface area contributed by atoms with E-state index >= 15 is 0 Å². The number of nitrogens with zero attached hydrogens (tertiary/aromatic N) is 2. The van der Waals surface area contributed by atoms with Gasteiger partial charge in [-0.2, -0.15) is 0 Å². The average Bonchev–Trinajstić information content (AvgIpc) is 2.72. The van der Waals surface area contributed by atoms with Crippen molar-refractivity contribution in [1.29, 1.82) is 0 Å². The third-order valence-electron chi connectivity index (χ3n) is 4.95. The van der Waals surface area contributed by atoms with E-state index in [0.29, 0.717) is 0 Å². The van der Waals surface area contributed by atoms with Crippen molar-refractivity contribution in [2.45, 2.75) is 12.8 Å². The maximum absolute atomic E-state index is 6.03. The third-order valence-corrected chi connectivity index (χ3v) is 4.95. The van der Waals surface area contributed by atoms with Crippen molar-refractivity contribution < 1.29 is 4.74 Å². The van der Waals surface area contributed by atoms with Crippen LogP contribution in [0.25, 0.3) is 16.3 Å². The van der Waals surface area contributed by atoms with Crippen LogP contribution < -0.4 is 4.74 Å². The minimum absolute atomic E-state index is 0. The molecule has 1 aliphatic heterocycles. The van der Waals surface area contributed by atoms with Gasteiger partial charge in [-0.25, -0.2) is 0 Å². The Morgan fingerprint density at radius 1 is 0.964 bits per heavy atom. The van der Waals surface area contributed by atoms with Gasteiger partial charge in [-0.05, 0) is 36.1 Å². The molecule has 0 saturated heterocycles. The molecule has 0 aliphatic carbocycles. The fourth-order valence-electron chi connectivity index (χ4n) is 3.52. The second kappa shape index (κ2) is 11.1. The molecule has 1 aromatic heterocycles. The summed E-state index contributed by atoms with van der Waals surface area (Å²) in [7, 11) is 0. The van der Waals surface area contributed by atoms with E-state index < -0.39 is 0 Å². The van der Waals surface area contributed by atoms with Crippen molar-refractivity contribution in [1.82, 2.24) is 9.88 Å². The van der Waals surface area contributed by atoms with Crippen LogP contribution in [-0.2, 0) is 0 Å². The van der Waals surface area contributed by atoms with Gasteiger partial charge in [0, 0.05) is 42.8 Å². The van der Waals surface area contributed by atoms with Gasteiger partial charge in [0.2, 0.25) is 0 Å². The number of halogens is 2. The predicted molar refractivity (Wildman–Crippen MR) is 122 cm³/mol. The molecule has 0 amide bonds. The van der Waals surface area contributed by atoms with Crippen molar-refractivity contribution in [3.63, 3.8) is 0 Å². The first kappa shape index (κ1) is 22.2. The largest absolute Gasteiger partial charge is 0.493 e. The van der Waals surface area contributed by atoms with E-state index in [2.05, 4.69) is 52.4 Å². The molecule has 0 atom stereocenters. The highest BCUT2D eigenvalue weighted by molar-refractivity contribution is 5.87. The van der Waals surface area contributed by atoms with Crippen LogP contribution in [0.2, 0.25) is 0 Å². The van der Waals surface area contributed by atoms with Crippen molar-refractivity contribution in [2.75, 3.05) is 26.2 Å². The van der Waals surface area contributed by atoms with Crippen LogP contribution in [0, 0.1) is 0 Å². The summed E-state index contributed by atoms with van der Waals surface area (Å²) in [4.78, 5) is 6.67. The molecule has 4 rings (SSSR count). The topological polar surface area (TPSA) is 25.4 Å². The Morgan fingerprint density at radius 2 is 1.82 bits per heavy atom. The van der Waals surface area contributed by atoms with Gasteiger partial charge >= 0.3 is 0 Å². The molecule has 3 aromatic rings. The fraction of sp³-hybridized carbons (Fsp3) is 0.261. The van der Waals surface area contributed by atoms with Gasteiger partial charge in [-0.3, -0.25) is 9.88 Å². The molecule has 148 valence electrons.